The largest absolute Gasteiger partial charge is 0.401 e. The molecule has 3 aromatic carbocycles. The molecule has 2 nitrogen and oxygen atoms in total. The molecule has 0 aliphatic heterocycles. The van der Waals surface area contributed by atoms with Crippen LogP contribution in [0.1, 0.15) is 33.3 Å². The summed E-state index contributed by atoms with van der Waals surface area (Å²) in [4.78, 5) is 0. The molecule has 0 spiro atoms. The molecule has 6 heteroatoms. The van der Waals surface area contributed by atoms with E-state index >= 15 is 8.78 Å². The Bertz CT molecular complexity index is 1210. The van der Waals surface area contributed by atoms with Gasteiger partial charge in [-0.05, 0) is 51.2 Å². The number of nitrogens with one attached hydrogen (secondary N) is 1. The maximum atomic E-state index is 15.3. The van der Waals surface area contributed by atoms with E-state index in [9.17, 15) is 0 Å². The van der Waals surface area contributed by atoms with E-state index in [4.69, 9.17) is 4.43 Å². The summed E-state index contributed by atoms with van der Waals surface area (Å²) in [6, 6.07) is 28.0. The van der Waals surface area contributed by atoms with Crippen LogP contribution in [0.3, 0.4) is 0 Å². The van der Waals surface area contributed by atoms with Crippen molar-refractivity contribution in [3.63, 3.8) is 0 Å². The lowest BCUT2D eigenvalue weighted by Crippen LogP contribution is -2.67. The smallest absolute Gasteiger partial charge is 0.281 e. The highest BCUT2D eigenvalue weighted by atomic mass is 32.1. The molecule has 4 aromatic rings. The van der Waals surface area contributed by atoms with Crippen molar-refractivity contribution in [3.8, 4) is 0 Å². The summed E-state index contributed by atoms with van der Waals surface area (Å²) in [5.74, 6) is -3.00. The van der Waals surface area contributed by atoms with Crippen LogP contribution in [0.5, 0.6) is 0 Å². The summed E-state index contributed by atoms with van der Waals surface area (Å²) in [6.45, 7) is 7.22. The summed E-state index contributed by atoms with van der Waals surface area (Å²) >= 11 is 1.70. The maximum Gasteiger partial charge on any atom is 0.281 e. The van der Waals surface area contributed by atoms with E-state index in [1.807, 2.05) is 79.7 Å². The average Bonchev–Trinajstić information content (AvgIpc) is 3.26. The third kappa shape index (κ3) is 5.78. The SMILES string of the molecule is CC(Cc1csc2ccccc12)NCC(F)(F)CO[Si](c1ccccc1)(c1ccccc1)C(C)(C)C. The second kappa shape index (κ2) is 10.9. The number of fused-ring (bicyclic) bond motifs is 1. The Morgan fingerprint density at radius 1 is 0.861 bits per heavy atom. The molecule has 1 unspecified atom stereocenters. The molecule has 1 aromatic heterocycles. The minimum Gasteiger partial charge on any atom is -0.401 e. The number of hydrogen-bond donors (Lipinski definition) is 1. The third-order valence-corrected chi connectivity index (χ3v) is 12.7. The van der Waals surface area contributed by atoms with Crippen LogP contribution in [0.2, 0.25) is 5.04 Å². The van der Waals surface area contributed by atoms with Crippen LogP contribution >= 0.6 is 11.3 Å². The van der Waals surface area contributed by atoms with Gasteiger partial charge in [-0.15, -0.1) is 11.3 Å². The molecule has 190 valence electrons. The standard InChI is InChI=1S/C30H35F2NOSSi/c1-23(19-24-20-35-28-18-12-11-17-27(24)28)33-21-30(31,32)22-34-36(29(2,3)4,25-13-7-5-8-14-25)26-15-9-6-10-16-26/h5-18,20,23,33H,19,21-22H2,1-4H3. The number of benzene rings is 3. The van der Waals surface area contributed by atoms with Crippen molar-refractivity contribution in [3.05, 3.63) is 95.9 Å². The van der Waals surface area contributed by atoms with Crippen LogP contribution in [-0.2, 0) is 10.8 Å². The van der Waals surface area contributed by atoms with Gasteiger partial charge in [-0.3, -0.25) is 0 Å². The van der Waals surface area contributed by atoms with E-state index in [0.29, 0.717) is 6.42 Å². The van der Waals surface area contributed by atoms with Gasteiger partial charge in [0, 0.05) is 10.7 Å². The molecular weight excluding hydrogens is 488 g/mol. The number of alkyl halides is 2. The fraction of sp³-hybridized carbons (Fsp3) is 0.333. The van der Waals surface area contributed by atoms with Gasteiger partial charge >= 0.3 is 0 Å². The highest BCUT2D eigenvalue weighted by Gasteiger charge is 2.51. The molecule has 0 bridgehead atoms. The van der Waals surface area contributed by atoms with Gasteiger partial charge in [0.1, 0.15) is 0 Å². The van der Waals surface area contributed by atoms with Crippen LogP contribution in [0.25, 0.3) is 10.1 Å². The van der Waals surface area contributed by atoms with Gasteiger partial charge in [-0.1, -0.05) is 99.6 Å². The normalized spacial score (nSPS) is 13.7. The predicted molar refractivity (Wildman–Crippen MR) is 152 cm³/mol. The van der Waals surface area contributed by atoms with Crippen LogP contribution in [0.4, 0.5) is 8.78 Å². The van der Waals surface area contributed by atoms with Crippen LogP contribution in [-0.4, -0.2) is 33.4 Å². The molecule has 1 atom stereocenters. The first-order chi connectivity index (χ1) is 17.1. The lowest BCUT2D eigenvalue weighted by molar-refractivity contribution is -0.0433. The van der Waals surface area contributed by atoms with E-state index in [1.165, 1.54) is 15.6 Å². The molecule has 0 amide bonds. The molecule has 4 rings (SSSR count). The van der Waals surface area contributed by atoms with Gasteiger partial charge in [-0.2, -0.15) is 0 Å². The number of rotatable bonds is 10. The molecule has 0 aliphatic rings. The molecule has 0 aliphatic carbocycles. The number of thiophene rings is 1. The third-order valence-electron chi connectivity index (χ3n) is 6.71. The number of halogens is 2. The molecule has 1 heterocycles. The second-order valence-corrected chi connectivity index (χ2v) is 15.8. The zero-order valence-electron chi connectivity index (χ0n) is 21.4. The molecule has 0 radical (unpaired) electrons. The first-order valence-electron chi connectivity index (χ1n) is 12.4. The number of hydrogen-bond acceptors (Lipinski definition) is 3. The zero-order chi connectivity index (χ0) is 25.8. The Kier molecular flexibility index (Phi) is 8.10. The summed E-state index contributed by atoms with van der Waals surface area (Å²) in [7, 11) is -3.00. The van der Waals surface area contributed by atoms with E-state index in [2.05, 4.69) is 43.6 Å². The van der Waals surface area contributed by atoms with Crippen molar-refractivity contribution in [2.24, 2.45) is 0 Å². The van der Waals surface area contributed by atoms with Crippen molar-refractivity contribution in [1.29, 1.82) is 0 Å². The summed E-state index contributed by atoms with van der Waals surface area (Å²) < 4.78 is 38.3. The van der Waals surface area contributed by atoms with E-state index < -0.39 is 27.4 Å². The minimum absolute atomic E-state index is 0.0817. The van der Waals surface area contributed by atoms with Crippen LogP contribution in [0, 0.1) is 0 Å². The highest BCUT2D eigenvalue weighted by Crippen LogP contribution is 2.37. The lowest BCUT2D eigenvalue weighted by atomic mass is 10.1. The Hall–Kier alpha value is -2.38. The highest BCUT2D eigenvalue weighted by molar-refractivity contribution is 7.17. The Balaban J connectivity index is 1.49. The first-order valence-corrected chi connectivity index (χ1v) is 15.2. The molecule has 1 N–H and O–H groups in total. The van der Waals surface area contributed by atoms with Crippen molar-refractivity contribution in [1.82, 2.24) is 5.32 Å². The van der Waals surface area contributed by atoms with Crippen molar-refractivity contribution in [2.45, 2.75) is 51.1 Å². The fourth-order valence-corrected chi connectivity index (χ4v) is 10.5. The molecule has 0 saturated heterocycles. The lowest BCUT2D eigenvalue weighted by Gasteiger charge is -2.43. The minimum atomic E-state index is -3.00. The predicted octanol–water partition coefficient (Wildman–Crippen LogP) is 6.63. The van der Waals surface area contributed by atoms with E-state index in [-0.39, 0.29) is 11.1 Å². The molecule has 0 fully saturated rings. The summed E-state index contributed by atoms with van der Waals surface area (Å²) in [6.07, 6.45) is 0.704. The van der Waals surface area contributed by atoms with E-state index in [0.717, 1.165) is 10.4 Å². The Morgan fingerprint density at radius 2 is 1.42 bits per heavy atom. The average molecular weight is 524 g/mol. The van der Waals surface area contributed by atoms with Gasteiger partial charge in [0.15, 0.2) is 0 Å². The zero-order valence-corrected chi connectivity index (χ0v) is 23.2. The topological polar surface area (TPSA) is 21.3 Å². The molecule has 0 saturated carbocycles. The van der Waals surface area contributed by atoms with Crippen molar-refractivity contribution >= 4 is 40.1 Å². The van der Waals surface area contributed by atoms with Gasteiger partial charge in [-0.25, -0.2) is 8.78 Å². The fourth-order valence-electron chi connectivity index (χ4n) is 4.94. The molecule has 36 heavy (non-hydrogen) atoms. The Morgan fingerprint density at radius 3 is 2.00 bits per heavy atom. The summed E-state index contributed by atoms with van der Waals surface area (Å²) in [5, 5.41) is 8.08. The van der Waals surface area contributed by atoms with Crippen molar-refractivity contribution < 1.29 is 13.2 Å². The second-order valence-electron chi connectivity index (χ2n) is 10.6. The van der Waals surface area contributed by atoms with Gasteiger partial charge < -0.3 is 9.74 Å². The van der Waals surface area contributed by atoms with Crippen molar-refractivity contribution in [2.75, 3.05) is 13.2 Å². The quantitative estimate of drug-likeness (QED) is 0.236. The van der Waals surface area contributed by atoms with Gasteiger partial charge in [0.25, 0.3) is 14.2 Å². The first kappa shape index (κ1) is 26.7. The monoisotopic (exact) mass is 523 g/mol. The van der Waals surface area contributed by atoms with Crippen LogP contribution < -0.4 is 15.7 Å². The van der Waals surface area contributed by atoms with Gasteiger partial charge in [0.05, 0.1) is 13.2 Å². The van der Waals surface area contributed by atoms with E-state index in [1.54, 1.807) is 11.3 Å². The maximum absolute atomic E-state index is 15.3. The van der Waals surface area contributed by atoms with Gasteiger partial charge in [0.2, 0.25) is 0 Å². The Labute approximate surface area is 218 Å². The van der Waals surface area contributed by atoms with Crippen LogP contribution in [0.15, 0.2) is 90.3 Å². The summed E-state index contributed by atoms with van der Waals surface area (Å²) in [5.41, 5.74) is 1.20. The molecular formula is C30H35F2NOSSi.